The second-order valence-electron chi connectivity index (χ2n) is 7.74. The first-order chi connectivity index (χ1) is 15.5. The highest BCUT2D eigenvalue weighted by Gasteiger charge is 2.22. The van der Waals surface area contributed by atoms with Gasteiger partial charge in [-0.2, -0.15) is 4.37 Å². The molecule has 0 atom stereocenters. The molecule has 0 bridgehead atoms. The van der Waals surface area contributed by atoms with Gasteiger partial charge >= 0.3 is 0 Å². The van der Waals surface area contributed by atoms with E-state index in [1.54, 1.807) is 0 Å². The number of carbonyl (C=O) groups is 1. The lowest BCUT2D eigenvalue weighted by Crippen LogP contribution is -2.38. The van der Waals surface area contributed by atoms with Crippen molar-refractivity contribution >= 4 is 39.9 Å². The van der Waals surface area contributed by atoms with Crippen molar-refractivity contribution in [3.8, 4) is 0 Å². The fourth-order valence-electron chi connectivity index (χ4n) is 3.63. The van der Waals surface area contributed by atoms with Gasteiger partial charge < -0.3 is 10.2 Å². The van der Waals surface area contributed by atoms with Crippen molar-refractivity contribution in [3.63, 3.8) is 0 Å². The number of piperidine rings is 1. The number of hydrogen-bond donors (Lipinski definition) is 1. The third kappa shape index (κ3) is 5.60. The summed E-state index contributed by atoms with van der Waals surface area (Å²) in [5.41, 5.74) is 1.53. The predicted molar refractivity (Wildman–Crippen MR) is 125 cm³/mol. The van der Waals surface area contributed by atoms with Crippen LogP contribution in [0, 0.1) is 16.0 Å². The minimum atomic E-state index is -0.478. The molecule has 1 aliphatic rings. The second kappa shape index (κ2) is 10.1. The Labute approximate surface area is 194 Å². The van der Waals surface area contributed by atoms with Crippen LogP contribution in [0.3, 0.4) is 0 Å². The van der Waals surface area contributed by atoms with E-state index in [-0.39, 0.29) is 11.6 Å². The SMILES string of the molecule is O=C(NCC1CCN(c2nc(Cc3ccc(Cl)cc3)ns2)CC1)c1ccc([N+](=O)[O-])cc1. The van der Waals surface area contributed by atoms with Crippen LogP contribution in [0.4, 0.5) is 10.8 Å². The van der Waals surface area contributed by atoms with E-state index in [0.717, 1.165) is 42.5 Å². The molecule has 8 nitrogen and oxygen atoms in total. The molecule has 0 saturated carbocycles. The standard InChI is InChI=1S/C22H22ClN5O3S/c23-18-5-1-15(2-6-18)13-20-25-22(32-26-20)27-11-9-16(10-12-27)14-24-21(29)17-3-7-19(8-4-17)28(30)31/h1-8,16H,9-14H2,(H,24,29). The fourth-order valence-corrected chi connectivity index (χ4v) is 4.49. The average Bonchev–Trinajstić information content (AvgIpc) is 3.28. The van der Waals surface area contributed by atoms with Crippen molar-refractivity contribution in [1.82, 2.24) is 14.7 Å². The van der Waals surface area contributed by atoms with Crippen molar-refractivity contribution in [2.75, 3.05) is 24.5 Å². The number of nitrogens with one attached hydrogen (secondary N) is 1. The molecule has 0 unspecified atom stereocenters. The predicted octanol–water partition coefficient (Wildman–Crippen LogP) is 4.34. The molecule has 166 valence electrons. The summed E-state index contributed by atoms with van der Waals surface area (Å²) in [5.74, 6) is 0.984. The number of halogens is 1. The van der Waals surface area contributed by atoms with Gasteiger partial charge in [0, 0.05) is 60.3 Å². The highest BCUT2D eigenvalue weighted by atomic mass is 35.5. The number of nitro groups is 1. The zero-order valence-corrected chi connectivity index (χ0v) is 18.8. The lowest BCUT2D eigenvalue weighted by Gasteiger charge is -2.31. The van der Waals surface area contributed by atoms with Crippen molar-refractivity contribution in [2.24, 2.45) is 5.92 Å². The molecule has 2 heterocycles. The normalized spacial score (nSPS) is 14.3. The van der Waals surface area contributed by atoms with Crippen LogP contribution < -0.4 is 10.2 Å². The molecule has 0 spiro atoms. The minimum Gasteiger partial charge on any atom is -0.352 e. The number of rotatable bonds is 7. The van der Waals surface area contributed by atoms with Crippen LogP contribution in [-0.2, 0) is 6.42 Å². The first-order valence-corrected chi connectivity index (χ1v) is 11.5. The maximum absolute atomic E-state index is 12.3. The second-order valence-corrected chi connectivity index (χ2v) is 8.91. The molecular weight excluding hydrogens is 450 g/mol. The molecule has 1 amide bonds. The number of non-ortho nitro benzene ring substituents is 1. The maximum atomic E-state index is 12.3. The zero-order valence-electron chi connectivity index (χ0n) is 17.2. The van der Waals surface area contributed by atoms with E-state index in [1.807, 2.05) is 24.3 Å². The van der Waals surface area contributed by atoms with Gasteiger partial charge in [-0.3, -0.25) is 14.9 Å². The molecule has 3 aromatic rings. The number of anilines is 1. The van der Waals surface area contributed by atoms with E-state index in [4.69, 9.17) is 16.6 Å². The molecule has 1 aliphatic heterocycles. The average molecular weight is 472 g/mol. The van der Waals surface area contributed by atoms with Gasteiger partial charge in [0.1, 0.15) is 5.82 Å². The summed E-state index contributed by atoms with van der Waals surface area (Å²) in [5, 5.41) is 15.3. The monoisotopic (exact) mass is 471 g/mol. The number of nitro benzene ring substituents is 1. The summed E-state index contributed by atoms with van der Waals surface area (Å²) in [6, 6.07) is 13.4. The summed E-state index contributed by atoms with van der Waals surface area (Å²) < 4.78 is 4.50. The maximum Gasteiger partial charge on any atom is 0.269 e. The molecule has 1 fully saturated rings. The molecule has 0 aliphatic carbocycles. The number of benzene rings is 2. The van der Waals surface area contributed by atoms with Crippen molar-refractivity contribution in [2.45, 2.75) is 19.3 Å². The Kier molecular flexibility index (Phi) is 6.96. The summed E-state index contributed by atoms with van der Waals surface area (Å²) in [6.45, 7) is 2.32. The molecule has 2 aromatic carbocycles. The Morgan fingerprint density at radius 3 is 2.50 bits per heavy atom. The summed E-state index contributed by atoms with van der Waals surface area (Å²) in [6.07, 6.45) is 2.58. The molecule has 1 N–H and O–H groups in total. The van der Waals surface area contributed by atoms with Crippen LogP contribution in [0.25, 0.3) is 0 Å². The van der Waals surface area contributed by atoms with Crippen LogP contribution in [-0.4, -0.2) is 39.8 Å². The van der Waals surface area contributed by atoms with Crippen molar-refractivity contribution in [3.05, 3.63) is 80.6 Å². The smallest absolute Gasteiger partial charge is 0.269 e. The number of aromatic nitrogens is 2. The quantitative estimate of drug-likeness (QED) is 0.406. The van der Waals surface area contributed by atoms with Gasteiger partial charge in [-0.05, 0) is 48.6 Å². The van der Waals surface area contributed by atoms with Crippen LogP contribution in [0.5, 0.6) is 0 Å². The van der Waals surface area contributed by atoms with E-state index in [1.165, 1.54) is 35.8 Å². The number of amides is 1. The molecule has 10 heteroatoms. The first kappa shape index (κ1) is 22.2. The molecule has 0 radical (unpaired) electrons. The highest BCUT2D eigenvalue weighted by Crippen LogP contribution is 2.25. The Morgan fingerprint density at radius 2 is 1.84 bits per heavy atom. The molecule has 32 heavy (non-hydrogen) atoms. The van der Waals surface area contributed by atoms with Crippen molar-refractivity contribution in [1.29, 1.82) is 0 Å². The van der Waals surface area contributed by atoms with Gasteiger partial charge in [-0.15, -0.1) is 0 Å². The summed E-state index contributed by atoms with van der Waals surface area (Å²) in [7, 11) is 0. The lowest BCUT2D eigenvalue weighted by atomic mass is 9.97. The summed E-state index contributed by atoms with van der Waals surface area (Å²) >= 11 is 7.36. The van der Waals surface area contributed by atoms with Gasteiger partial charge in [0.15, 0.2) is 0 Å². The van der Waals surface area contributed by atoms with Gasteiger partial charge in [-0.1, -0.05) is 23.7 Å². The molecule has 1 aromatic heterocycles. The number of nitrogens with zero attached hydrogens (tertiary/aromatic N) is 4. The third-order valence-electron chi connectivity index (χ3n) is 5.51. The van der Waals surface area contributed by atoms with Gasteiger partial charge in [0.25, 0.3) is 11.6 Å². The van der Waals surface area contributed by atoms with Gasteiger partial charge in [0.05, 0.1) is 4.92 Å². The first-order valence-electron chi connectivity index (χ1n) is 10.3. The number of hydrogen-bond acceptors (Lipinski definition) is 7. The lowest BCUT2D eigenvalue weighted by molar-refractivity contribution is -0.384. The topological polar surface area (TPSA) is 101 Å². The van der Waals surface area contributed by atoms with E-state index < -0.39 is 4.92 Å². The Morgan fingerprint density at radius 1 is 1.16 bits per heavy atom. The summed E-state index contributed by atoms with van der Waals surface area (Å²) in [4.78, 5) is 29.5. The van der Waals surface area contributed by atoms with E-state index in [0.29, 0.717) is 29.5 Å². The van der Waals surface area contributed by atoms with Crippen LogP contribution in [0.15, 0.2) is 48.5 Å². The largest absolute Gasteiger partial charge is 0.352 e. The van der Waals surface area contributed by atoms with Gasteiger partial charge in [-0.25, -0.2) is 4.98 Å². The Bertz CT molecular complexity index is 1080. The Balaban J connectivity index is 1.23. The van der Waals surface area contributed by atoms with Crippen molar-refractivity contribution < 1.29 is 9.72 Å². The molecular formula is C22H22ClN5O3S. The highest BCUT2D eigenvalue weighted by molar-refractivity contribution is 7.09. The zero-order chi connectivity index (χ0) is 22.5. The van der Waals surface area contributed by atoms with Crippen LogP contribution in [0.2, 0.25) is 5.02 Å². The molecule has 1 saturated heterocycles. The van der Waals surface area contributed by atoms with E-state index in [2.05, 4.69) is 14.6 Å². The van der Waals surface area contributed by atoms with E-state index >= 15 is 0 Å². The fraction of sp³-hybridized carbons (Fsp3) is 0.318. The minimum absolute atomic E-state index is 0.0260. The Hall–Kier alpha value is -3.04. The third-order valence-corrected chi connectivity index (χ3v) is 6.58. The van der Waals surface area contributed by atoms with Crippen LogP contribution in [0.1, 0.15) is 34.6 Å². The van der Waals surface area contributed by atoms with Crippen LogP contribution >= 0.6 is 23.1 Å². The van der Waals surface area contributed by atoms with Gasteiger partial charge in [0.2, 0.25) is 5.13 Å². The molecule has 4 rings (SSSR count). The number of carbonyl (C=O) groups excluding carboxylic acids is 1. The van der Waals surface area contributed by atoms with E-state index in [9.17, 15) is 14.9 Å².